The van der Waals surface area contributed by atoms with Gasteiger partial charge in [0.15, 0.2) is 11.6 Å². The van der Waals surface area contributed by atoms with Gasteiger partial charge in [-0.25, -0.2) is 0 Å². The van der Waals surface area contributed by atoms with Crippen LogP contribution in [0.15, 0.2) is 71.9 Å². The molecule has 1 aromatic heterocycles. The Bertz CT molecular complexity index is 1620. The molecule has 7 heteroatoms. The average Bonchev–Trinajstić information content (AvgIpc) is 3.00. The van der Waals surface area contributed by atoms with E-state index in [1.54, 1.807) is 18.3 Å². The van der Waals surface area contributed by atoms with Crippen LogP contribution in [0.1, 0.15) is 76.2 Å². The van der Waals surface area contributed by atoms with Gasteiger partial charge in [0.05, 0.1) is 11.8 Å². The molecule has 2 aliphatic carbocycles. The Morgan fingerprint density at radius 3 is 2.35 bits per heavy atom. The minimum Gasteiger partial charge on any atom is -0.507 e. The van der Waals surface area contributed by atoms with Crippen LogP contribution in [0.5, 0.6) is 5.75 Å². The third kappa shape index (κ3) is 5.41. The van der Waals surface area contributed by atoms with Crippen LogP contribution in [0.25, 0.3) is 11.6 Å². The SMILES string of the molecule is Cc1cc(/C=C(/CC[C@H]2OB(O)C[C@H]3C2=C(C(C)C)C[C@H]2C(=O)c4ccccc4C(=O)[C@H]23)c2ccccn2)cc(C)c1O. The Labute approximate surface area is 253 Å². The zero-order valence-corrected chi connectivity index (χ0v) is 25.2. The summed E-state index contributed by atoms with van der Waals surface area (Å²) in [6.45, 7) is 8.06. The predicted octanol–water partition coefficient (Wildman–Crippen LogP) is 6.89. The van der Waals surface area contributed by atoms with Crippen LogP contribution in [-0.4, -0.2) is 39.9 Å². The number of allylic oxidation sites excluding steroid dienone is 2. The monoisotopic (exact) mass is 575 g/mol. The first kappa shape index (κ1) is 29.3. The maximum atomic E-state index is 13.9. The molecule has 2 N–H and O–H groups in total. The summed E-state index contributed by atoms with van der Waals surface area (Å²) in [5.41, 5.74) is 7.76. The van der Waals surface area contributed by atoms with Crippen LogP contribution in [0.4, 0.5) is 0 Å². The van der Waals surface area contributed by atoms with E-state index in [2.05, 4.69) is 24.9 Å². The van der Waals surface area contributed by atoms with Gasteiger partial charge in [0.25, 0.3) is 0 Å². The van der Waals surface area contributed by atoms with Crippen molar-refractivity contribution in [2.75, 3.05) is 0 Å². The highest BCUT2D eigenvalue weighted by atomic mass is 16.5. The maximum absolute atomic E-state index is 13.9. The molecule has 6 nitrogen and oxygen atoms in total. The van der Waals surface area contributed by atoms with E-state index in [0.717, 1.165) is 33.5 Å². The van der Waals surface area contributed by atoms with Gasteiger partial charge in [-0.2, -0.15) is 0 Å². The third-order valence-electron chi connectivity index (χ3n) is 9.52. The highest BCUT2D eigenvalue weighted by Crippen LogP contribution is 2.52. The van der Waals surface area contributed by atoms with Crippen molar-refractivity contribution in [1.29, 1.82) is 0 Å². The number of carbonyl (C=O) groups is 2. The normalized spacial score (nSPS) is 23.8. The fraction of sp³-hybridized carbons (Fsp3) is 0.361. The minimum atomic E-state index is -1.02. The summed E-state index contributed by atoms with van der Waals surface area (Å²) in [4.78, 5) is 32.3. The zero-order valence-electron chi connectivity index (χ0n) is 25.2. The molecule has 4 atom stereocenters. The van der Waals surface area contributed by atoms with Crippen molar-refractivity contribution in [1.82, 2.24) is 4.98 Å². The van der Waals surface area contributed by atoms with E-state index in [1.165, 1.54) is 5.57 Å². The van der Waals surface area contributed by atoms with Crippen molar-refractivity contribution in [3.8, 4) is 5.75 Å². The van der Waals surface area contributed by atoms with Gasteiger partial charge in [-0.3, -0.25) is 14.6 Å². The Morgan fingerprint density at radius 1 is 1.02 bits per heavy atom. The number of aromatic nitrogens is 1. The summed E-state index contributed by atoms with van der Waals surface area (Å²) in [6.07, 6.45) is 5.55. The van der Waals surface area contributed by atoms with E-state index >= 15 is 0 Å². The second kappa shape index (κ2) is 11.7. The van der Waals surface area contributed by atoms with Crippen LogP contribution >= 0.6 is 0 Å². The lowest BCUT2D eigenvalue weighted by Gasteiger charge is -2.48. The summed E-state index contributed by atoms with van der Waals surface area (Å²) >= 11 is 0. The molecule has 2 aromatic carbocycles. The number of Topliss-reactive ketones (excluding diaryl/α,β-unsaturated/α-hetero) is 2. The zero-order chi connectivity index (χ0) is 30.4. The number of hydrogen-bond acceptors (Lipinski definition) is 6. The lowest BCUT2D eigenvalue weighted by molar-refractivity contribution is 0.0594. The summed E-state index contributed by atoms with van der Waals surface area (Å²) in [7, 11) is -1.02. The molecular formula is C36H38BNO5. The van der Waals surface area contributed by atoms with E-state index < -0.39 is 19.0 Å². The summed E-state index contributed by atoms with van der Waals surface area (Å²) < 4.78 is 6.26. The molecule has 0 amide bonds. The van der Waals surface area contributed by atoms with Crippen molar-refractivity contribution < 1.29 is 24.4 Å². The lowest BCUT2D eigenvalue weighted by Crippen LogP contribution is -2.51. The van der Waals surface area contributed by atoms with Gasteiger partial charge in [0, 0.05) is 29.2 Å². The molecule has 2 heterocycles. The fourth-order valence-electron chi connectivity index (χ4n) is 7.54. The minimum absolute atomic E-state index is 0.00509. The largest absolute Gasteiger partial charge is 0.507 e. The molecule has 0 radical (unpaired) electrons. The van der Waals surface area contributed by atoms with Gasteiger partial charge in [0.1, 0.15) is 5.75 Å². The Hall–Kier alpha value is -3.81. The van der Waals surface area contributed by atoms with E-state index in [0.29, 0.717) is 42.5 Å². The number of aromatic hydroxyl groups is 1. The van der Waals surface area contributed by atoms with Gasteiger partial charge >= 0.3 is 7.12 Å². The quantitative estimate of drug-likeness (QED) is 0.246. The number of fused-ring (bicyclic) bond motifs is 4. The summed E-state index contributed by atoms with van der Waals surface area (Å²) in [5, 5.41) is 21.3. The first-order valence-corrected chi connectivity index (χ1v) is 15.3. The molecule has 0 bridgehead atoms. The first-order chi connectivity index (χ1) is 20.6. The van der Waals surface area contributed by atoms with Gasteiger partial charge in [-0.15, -0.1) is 0 Å². The van der Waals surface area contributed by atoms with Crippen molar-refractivity contribution >= 4 is 30.3 Å². The van der Waals surface area contributed by atoms with Crippen LogP contribution in [0, 0.1) is 37.5 Å². The molecular weight excluding hydrogens is 537 g/mol. The van der Waals surface area contributed by atoms with Gasteiger partial charge in [-0.1, -0.05) is 49.8 Å². The number of phenols is 1. The van der Waals surface area contributed by atoms with Gasteiger partial charge in [-0.05, 0) is 109 Å². The van der Waals surface area contributed by atoms with E-state index in [-0.39, 0.29) is 29.5 Å². The molecule has 220 valence electrons. The number of nitrogens with zero attached hydrogens (tertiary/aromatic N) is 1. The van der Waals surface area contributed by atoms with Gasteiger partial charge in [0.2, 0.25) is 0 Å². The maximum Gasteiger partial charge on any atom is 0.455 e. The molecule has 1 aliphatic heterocycles. The summed E-state index contributed by atoms with van der Waals surface area (Å²) in [5.74, 6) is -0.637. The van der Waals surface area contributed by atoms with E-state index in [4.69, 9.17) is 4.65 Å². The number of rotatable bonds is 6. The van der Waals surface area contributed by atoms with Crippen molar-refractivity contribution in [2.45, 2.75) is 59.4 Å². The molecule has 0 saturated carbocycles. The predicted molar refractivity (Wildman–Crippen MR) is 169 cm³/mol. The second-order valence-corrected chi connectivity index (χ2v) is 12.6. The Balaban J connectivity index is 1.37. The standard InChI is InChI=1S/C36H38BNO5/c1-20(2)27-18-28-33(36(41)26-10-6-5-9-25(26)35(28)40)29-19-37(42)43-31(32(27)29)13-12-24(30-11-7-8-14-38-30)17-23-15-21(3)34(39)22(4)16-23/h5-11,14-17,20,28-29,31,33,39,42H,12-13,18-19H2,1-4H3/b24-17-/t28-,29+,31-,33-/m1/s1. The Kier molecular flexibility index (Phi) is 7.97. The number of benzene rings is 2. The number of carbonyl (C=O) groups excluding carboxylic acids is 2. The molecule has 0 spiro atoms. The van der Waals surface area contributed by atoms with Crippen molar-refractivity contribution in [2.24, 2.45) is 23.7 Å². The number of ketones is 2. The molecule has 43 heavy (non-hydrogen) atoms. The Morgan fingerprint density at radius 2 is 1.70 bits per heavy atom. The van der Waals surface area contributed by atoms with Gasteiger partial charge < -0.3 is 14.8 Å². The highest BCUT2D eigenvalue weighted by Gasteiger charge is 2.53. The topological polar surface area (TPSA) is 96.7 Å². The molecule has 1 saturated heterocycles. The van der Waals surface area contributed by atoms with Crippen molar-refractivity contribution in [3.05, 3.63) is 105 Å². The number of hydrogen-bond donors (Lipinski definition) is 2. The first-order valence-electron chi connectivity index (χ1n) is 15.3. The second-order valence-electron chi connectivity index (χ2n) is 12.6. The molecule has 1 fully saturated rings. The fourth-order valence-corrected chi connectivity index (χ4v) is 7.54. The van der Waals surface area contributed by atoms with Crippen LogP contribution in [-0.2, 0) is 4.65 Å². The van der Waals surface area contributed by atoms with Crippen LogP contribution < -0.4 is 0 Å². The summed E-state index contributed by atoms with van der Waals surface area (Å²) in [6, 6.07) is 16.9. The number of aryl methyl sites for hydroxylation is 2. The number of pyridine rings is 1. The smallest absolute Gasteiger partial charge is 0.455 e. The van der Waals surface area contributed by atoms with Crippen LogP contribution in [0.2, 0.25) is 6.32 Å². The lowest BCUT2D eigenvalue weighted by atomic mass is 9.53. The van der Waals surface area contributed by atoms with Crippen molar-refractivity contribution in [3.63, 3.8) is 0 Å². The average molecular weight is 576 g/mol. The van der Waals surface area contributed by atoms with E-state index in [9.17, 15) is 19.7 Å². The third-order valence-corrected chi connectivity index (χ3v) is 9.52. The van der Waals surface area contributed by atoms with E-state index in [1.807, 2.05) is 56.3 Å². The molecule has 3 aromatic rings. The molecule has 0 unspecified atom stereocenters. The highest BCUT2D eigenvalue weighted by molar-refractivity contribution is 6.43. The molecule has 6 rings (SSSR count). The van der Waals surface area contributed by atoms with Crippen LogP contribution in [0.3, 0.4) is 0 Å². The molecule has 3 aliphatic rings. The number of phenolic OH excluding ortho intramolecular Hbond substituents is 1.